The van der Waals surface area contributed by atoms with Gasteiger partial charge in [0.2, 0.25) is 0 Å². The van der Waals surface area contributed by atoms with E-state index >= 15 is 0 Å². The van der Waals surface area contributed by atoms with Crippen molar-refractivity contribution >= 4 is 29.9 Å². The lowest BCUT2D eigenvalue weighted by Crippen LogP contribution is -2.47. The Morgan fingerprint density at radius 2 is 1.82 bits per heavy atom. The lowest BCUT2D eigenvalue weighted by atomic mass is 10.0. The van der Waals surface area contributed by atoms with Gasteiger partial charge in [-0.05, 0) is 44.4 Å². The first-order valence-electron chi connectivity index (χ1n) is 10.5. The molecule has 2 heterocycles. The van der Waals surface area contributed by atoms with Crippen LogP contribution in [0.3, 0.4) is 0 Å². The van der Waals surface area contributed by atoms with E-state index in [2.05, 4.69) is 15.2 Å². The van der Waals surface area contributed by atoms with Gasteiger partial charge in [0.15, 0.2) is 5.96 Å². The molecule has 0 aromatic rings. The molecule has 166 valence electrons. The highest BCUT2D eigenvalue weighted by Gasteiger charge is 2.21. The van der Waals surface area contributed by atoms with Gasteiger partial charge in [-0.2, -0.15) is 0 Å². The minimum Gasteiger partial charge on any atom is -0.385 e. The van der Waals surface area contributed by atoms with Gasteiger partial charge in [0.05, 0.1) is 6.10 Å². The van der Waals surface area contributed by atoms with Gasteiger partial charge >= 0.3 is 0 Å². The fourth-order valence-corrected chi connectivity index (χ4v) is 3.56. The molecule has 0 atom stereocenters. The third-order valence-electron chi connectivity index (χ3n) is 5.24. The Labute approximate surface area is 187 Å². The van der Waals surface area contributed by atoms with Crippen LogP contribution < -0.4 is 5.32 Å². The van der Waals surface area contributed by atoms with Crippen LogP contribution in [0.2, 0.25) is 0 Å². The summed E-state index contributed by atoms with van der Waals surface area (Å²) in [5, 5.41) is 3.47. The van der Waals surface area contributed by atoms with E-state index in [1.165, 1.54) is 0 Å². The first-order valence-corrected chi connectivity index (χ1v) is 10.5. The van der Waals surface area contributed by atoms with Gasteiger partial charge in [0.1, 0.15) is 0 Å². The highest BCUT2D eigenvalue weighted by atomic mass is 127. The molecule has 0 amide bonds. The third-order valence-corrected chi connectivity index (χ3v) is 5.24. The molecule has 2 saturated heterocycles. The van der Waals surface area contributed by atoms with Gasteiger partial charge < -0.3 is 29.2 Å². The summed E-state index contributed by atoms with van der Waals surface area (Å²) in [5.74, 6) is 1.68. The second kappa shape index (κ2) is 16.6. The van der Waals surface area contributed by atoms with E-state index in [1.807, 2.05) is 7.05 Å². The Morgan fingerprint density at radius 3 is 2.50 bits per heavy atom. The molecular formula is C20H40IN3O4. The fourth-order valence-electron chi connectivity index (χ4n) is 3.56. The molecule has 7 nitrogen and oxygen atoms in total. The van der Waals surface area contributed by atoms with Crippen LogP contribution in [0.25, 0.3) is 0 Å². The van der Waals surface area contributed by atoms with Crippen molar-refractivity contribution in [2.24, 2.45) is 10.9 Å². The summed E-state index contributed by atoms with van der Waals surface area (Å²) in [6.07, 6.45) is 6.73. The molecule has 0 aromatic carbocycles. The maximum Gasteiger partial charge on any atom is 0.193 e. The molecule has 2 rings (SSSR count). The molecule has 0 saturated carbocycles. The van der Waals surface area contributed by atoms with Crippen molar-refractivity contribution < 1.29 is 18.9 Å². The Balaban J connectivity index is 0.00000392. The van der Waals surface area contributed by atoms with Gasteiger partial charge in [-0.25, -0.2) is 0 Å². The highest BCUT2D eigenvalue weighted by Crippen LogP contribution is 2.15. The van der Waals surface area contributed by atoms with Crippen molar-refractivity contribution in [2.75, 3.05) is 73.4 Å². The smallest absolute Gasteiger partial charge is 0.193 e. The zero-order valence-electron chi connectivity index (χ0n) is 17.7. The maximum absolute atomic E-state index is 5.93. The van der Waals surface area contributed by atoms with Crippen LogP contribution in [0.4, 0.5) is 0 Å². The van der Waals surface area contributed by atoms with Gasteiger partial charge in [-0.3, -0.25) is 4.99 Å². The van der Waals surface area contributed by atoms with Crippen LogP contribution in [-0.4, -0.2) is 90.4 Å². The van der Waals surface area contributed by atoms with Gasteiger partial charge in [-0.15, -0.1) is 24.0 Å². The van der Waals surface area contributed by atoms with Crippen molar-refractivity contribution in [3.8, 4) is 0 Å². The number of hydrogen-bond acceptors (Lipinski definition) is 5. The summed E-state index contributed by atoms with van der Waals surface area (Å²) in [4.78, 5) is 6.77. The zero-order valence-corrected chi connectivity index (χ0v) is 20.0. The topological polar surface area (TPSA) is 64.6 Å². The predicted octanol–water partition coefficient (Wildman–Crippen LogP) is 2.53. The van der Waals surface area contributed by atoms with Crippen LogP contribution >= 0.6 is 24.0 Å². The van der Waals surface area contributed by atoms with E-state index in [-0.39, 0.29) is 24.0 Å². The standard InChI is InChI=1S/C20H39N3O4.HI/c1-21-20(22-9-3-13-26-17-18-7-15-25-16-8-18)23-10-5-19(6-11-23)27-14-4-12-24-2;/h18-19H,3-17H2,1-2H3,(H,21,22);1H. The Bertz CT molecular complexity index is 401. The summed E-state index contributed by atoms with van der Waals surface area (Å²) in [6, 6.07) is 0. The molecule has 8 heteroatoms. The molecule has 0 spiro atoms. The second-order valence-corrected chi connectivity index (χ2v) is 7.36. The monoisotopic (exact) mass is 513 g/mol. The van der Waals surface area contributed by atoms with E-state index in [0.29, 0.717) is 12.0 Å². The molecule has 2 aliphatic rings. The molecule has 0 bridgehead atoms. The summed E-state index contributed by atoms with van der Waals surface area (Å²) < 4.78 is 22.2. The molecular weight excluding hydrogens is 473 g/mol. The average molecular weight is 513 g/mol. The minimum atomic E-state index is 0. The maximum atomic E-state index is 5.93. The molecule has 1 N–H and O–H groups in total. The number of piperidine rings is 1. The normalized spacial score (nSPS) is 19.5. The number of guanidine groups is 1. The van der Waals surface area contributed by atoms with Crippen LogP contribution in [0, 0.1) is 5.92 Å². The number of halogens is 1. The summed E-state index contributed by atoms with van der Waals surface area (Å²) >= 11 is 0. The molecule has 0 radical (unpaired) electrons. The van der Waals surface area contributed by atoms with Crippen LogP contribution in [0.1, 0.15) is 38.5 Å². The first kappa shape index (κ1) is 25.9. The van der Waals surface area contributed by atoms with Gasteiger partial charge in [-0.1, -0.05) is 0 Å². The zero-order chi connectivity index (χ0) is 19.2. The Hall–Kier alpha value is -0.160. The van der Waals surface area contributed by atoms with E-state index in [4.69, 9.17) is 18.9 Å². The van der Waals surface area contributed by atoms with E-state index in [0.717, 1.165) is 104 Å². The van der Waals surface area contributed by atoms with Crippen LogP contribution in [0.15, 0.2) is 4.99 Å². The fraction of sp³-hybridized carbons (Fsp3) is 0.950. The van der Waals surface area contributed by atoms with Crippen LogP contribution in [-0.2, 0) is 18.9 Å². The number of ether oxygens (including phenoxy) is 4. The van der Waals surface area contributed by atoms with Crippen molar-refractivity contribution in [1.82, 2.24) is 10.2 Å². The number of nitrogens with zero attached hydrogens (tertiary/aromatic N) is 2. The lowest BCUT2D eigenvalue weighted by Gasteiger charge is -2.34. The number of rotatable bonds is 11. The number of likely N-dealkylation sites (tertiary alicyclic amines) is 1. The van der Waals surface area contributed by atoms with Crippen molar-refractivity contribution in [3.05, 3.63) is 0 Å². The van der Waals surface area contributed by atoms with Crippen molar-refractivity contribution in [1.29, 1.82) is 0 Å². The van der Waals surface area contributed by atoms with E-state index in [9.17, 15) is 0 Å². The van der Waals surface area contributed by atoms with Crippen LogP contribution in [0.5, 0.6) is 0 Å². The number of nitrogens with one attached hydrogen (secondary N) is 1. The molecule has 0 aromatic heterocycles. The summed E-state index contributed by atoms with van der Waals surface area (Å²) in [7, 11) is 3.59. The minimum absolute atomic E-state index is 0. The predicted molar refractivity (Wildman–Crippen MR) is 123 cm³/mol. The Kier molecular flexibility index (Phi) is 15.4. The largest absolute Gasteiger partial charge is 0.385 e. The second-order valence-electron chi connectivity index (χ2n) is 7.36. The van der Waals surface area contributed by atoms with Gasteiger partial charge in [0, 0.05) is 73.4 Å². The molecule has 28 heavy (non-hydrogen) atoms. The highest BCUT2D eigenvalue weighted by molar-refractivity contribution is 14.0. The first-order chi connectivity index (χ1) is 13.3. The lowest BCUT2D eigenvalue weighted by molar-refractivity contribution is 0.00982. The third kappa shape index (κ3) is 10.6. The quantitative estimate of drug-likeness (QED) is 0.198. The Morgan fingerprint density at radius 1 is 1.07 bits per heavy atom. The number of methoxy groups -OCH3 is 1. The number of hydrogen-bond donors (Lipinski definition) is 1. The van der Waals surface area contributed by atoms with E-state index in [1.54, 1.807) is 7.11 Å². The van der Waals surface area contributed by atoms with Crippen molar-refractivity contribution in [2.45, 2.75) is 44.6 Å². The molecule has 0 aliphatic carbocycles. The summed E-state index contributed by atoms with van der Waals surface area (Å²) in [5.41, 5.74) is 0. The van der Waals surface area contributed by atoms with Gasteiger partial charge in [0.25, 0.3) is 0 Å². The summed E-state index contributed by atoms with van der Waals surface area (Å²) in [6.45, 7) is 7.90. The SMILES string of the molecule is CN=C(NCCCOCC1CCOCC1)N1CCC(OCCCOC)CC1.I. The van der Waals surface area contributed by atoms with E-state index < -0.39 is 0 Å². The van der Waals surface area contributed by atoms with Crippen molar-refractivity contribution in [3.63, 3.8) is 0 Å². The molecule has 0 unspecified atom stereocenters. The number of aliphatic imine (C=N–C) groups is 1. The molecule has 2 aliphatic heterocycles. The molecule has 2 fully saturated rings. The average Bonchev–Trinajstić information content (AvgIpc) is 2.72.